The summed E-state index contributed by atoms with van der Waals surface area (Å²) in [6.45, 7) is 0. The summed E-state index contributed by atoms with van der Waals surface area (Å²) in [5, 5.41) is 12.4. The molecule has 0 radical (unpaired) electrons. The van der Waals surface area contributed by atoms with Crippen molar-refractivity contribution in [2.75, 3.05) is 5.32 Å². The number of nitrogens with one attached hydrogen (secondary N) is 1. The minimum atomic E-state index is -0.158. The van der Waals surface area contributed by atoms with Crippen molar-refractivity contribution in [3.8, 4) is 0 Å². The Bertz CT molecular complexity index is 301. The summed E-state index contributed by atoms with van der Waals surface area (Å²) in [6.07, 6.45) is 3.01. The number of aliphatic hydroxyl groups excluding tert-OH is 1. The van der Waals surface area contributed by atoms with Gasteiger partial charge in [0.2, 0.25) is 5.28 Å². The molecule has 0 spiro atoms. The minimum absolute atomic E-state index is 0.158. The van der Waals surface area contributed by atoms with Crippen molar-refractivity contribution >= 4 is 17.4 Å². The highest BCUT2D eigenvalue weighted by molar-refractivity contribution is 6.28. The third-order valence-corrected chi connectivity index (χ3v) is 2.27. The van der Waals surface area contributed by atoms with Crippen molar-refractivity contribution in [2.45, 2.75) is 25.0 Å². The lowest BCUT2D eigenvalue weighted by Gasteiger charge is -2.32. The van der Waals surface area contributed by atoms with Gasteiger partial charge in [0, 0.05) is 12.2 Å². The van der Waals surface area contributed by atoms with Crippen LogP contribution >= 0.6 is 11.6 Å². The van der Waals surface area contributed by atoms with Gasteiger partial charge in [-0.1, -0.05) is 0 Å². The lowest BCUT2D eigenvalue weighted by atomic mass is 9.89. The van der Waals surface area contributed by atoms with Crippen LogP contribution in [0.15, 0.2) is 12.3 Å². The molecule has 0 aliphatic heterocycles. The molecule has 0 amide bonds. The van der Waals surface area contributed by atoms with Crippen LogP contribution in [0.4, 0.5) is 5.82 Å². The van der Waals surface area contributed by atoms with E-state index >= 15 is 0 Å². The largest absolute Gasteiger partial charge is 0.393 e. The number of hydrogen-bond donors (Lipinski definition) is 2. The maximum atomic E-state index is 9.05. The van der Waals surface area contributed by atoms with Crippen LogP contribution in [0.5, 0.6) is 0 Å². The van der Waals surface area contributed by atoms with Crippen LogP contribution in [-0.2, 0) is 0 Å². The number of anilines is 1. The van der Waals surface area contributed by atoms with Crippen LogP contribution in [0.3, 0.4) is 0 Å². The third-order valence-electron chi connectivity index (χ3n) is 2.09. The molecule has 13 heavy (non-hydrogen) atoms. The molecule has 1 aromatic heterocycles. The van der Waals surface area contributed by atoms with E-state index in [1.165, 1.54) is 0 Å². The molecule has 2 rings (SSSR count). The molecular weight excluding hydrogens is 190 g/mol. The standard InChI is InChI=1S/C8H10ClN3O/c9-8-10-2-1-7(12-8)11-5-3-6(13)4-5/h1-2,5-6,13H,3-4H2,(H,10,11,12). The van der Waals surface area contributed by atoms with Crippen molar-refractivity contribution in [3.05, 3.63) is 17.5 Å². The van der Waals surface area contributed by atoms with E-state index in [0.29, 0.717) is 6.04 Å². The van der Waals surface area contributed by atoms with E-state index in [2.05, 4.69) is 15.3 Å². The van der Waals surface area contributed by atoms with E-state index < -0.39 is 0 Å². The molecule has 1 heterocycles. The Balaban J connectivity index is 1.94. The zero-order valence-corrected chi connectivity index (χ0v) is 7.70. The Kier molecular flexibility index (Phi) is 2.33. The van der Waals surface area contributed by atoms with Gasteiger partial charge in [-0.2, -0.15) is 0 Å². The van der Waals surface area contributed by atoms with Gasteiger partial charge in [-0.15, -0.1) is 0 Å². The lowest BCUT2D eigenvalue weighted by Crippen LogP contribution is -2.39. The topological polar surface area (TPSA) is 58.0 Å². The Morgan fingerprint density at radius 2 is 2.31 bits per heavy atom. The predicted octanol–water partition coefficient (Wildman–Crippen LogP) is 1.07. The summed E-state index contributed by atoms with van der Waals surface area (Å²) in [5.41, 5.74) is 0. The first-order valence-electron chi connectivity index (χ1n) is 4.17. The SMILES string of the molecule is OC1CC(Nc2ccnc(Cl)n2)C1. The Morgan fingerprint density at radius 3 is 2.92 bits per heavy atom. The fourth-order valence-corrected chi connectivity index (χ4v) is 1.48. The Morgan fingerprint density at radius 1 is 1.54 bits per heavy atom. The van der Waals surface area contributed by atoms with E-state index in [4.69, 9.17) is 16.7 Å². The minimum Gasteiger partial charge on any atom is -0.393 e. The van der Waals surface area contributed by atoms with Crippen molar-refractivity contribution in [1.29, 1.82) is 0 Å². The summed E-state index contributed by atoms with van der Waals surface area (Å²) in [7, 11) is 0. The van der Waals surface area contributed by atoms with Crippen LogP contribution in [0.25, 0.3) is 0 Å². The van der Waals surface area contributed by atoms with Gasteiger partial charge in [0.25, 0.3) is 0 Å². The first-order valence-corrected chi connectivity index (χ1v) is 4.55. The highest BCUT2D eigenvalue weighted by Crippen LogP contribution is 2.23. The van der Waals surface area contributed by atoms with Gasteiger partial charge < -0.3 is 10.4 Å². The van der Waals surface area contributed by atoms with E-state index in [9.17, 15) is 0 Å². The molecular formula is C8H10ClN3O. The second kappa shape index (κ2) is 3.47. The Hall–Kier alpha value is -0.870. The molecule has 70 valence electrons. The molecule has 2 N–H and O–H groups in total. The van der Waals surface area contributed by atoms with Crippen LogP contribution in [0.2, 0.25) is 5.28 Å². The molecule has 5 heteroatoms. The smallest absolute Gasteiger partial charge is 0.224 e. The summed E-state index contributed by atoms with van der Waals surface area (Å²) in [6, 6.07) is 2.08. The summed E-state index contributed by atoms with van der Waals surface area (Å²) >= 11 is 5.61. The summed E-state index contributed by atoms with van der Waals surface area (Å²) in [5.74, 6) is 0.719. The van der Waals surface area contributed by atoms with Crippen molar-refractivity contribution in [2.24, 2.45) is 0 Å². The van der Waals surface area contributed by atoms with E-state index in [0.717, 1.165) is 18.7 Å². The van der Waals surface area contributed by atoms with Crippen LogP contribution in [0.1, 0.15) is 12.8 Å². The highest BCUT2D eigenvalue weighted by Gasteiger charge is 2.27. The van der Waals surface area contributed by atoms with Crippen molar-refractivity contribution in [1.82, 2.24) is 9.97 Å². The predicted molar refractivity (Wildman–Crippen MR) is 49.7 cm³/mol. The molecule has 4 nitrogen and oxygen atoms in total. The van der Waals surface area contributed by atoms with Crippen molar-refractivity contribution < 1.29 is 5.11 Å². The molecule has 0 aromatic carbocycles. The molecule has 0 unspecified atom stereocenters. The molecule has 1 saturated carbocycles. The average Bonchev–Trinajstić information content (AvgIpc) is 2.01. The van der Waals surface area contributed by atoms with Gasteiger partial charge in [-0.25, -0.2) is 9.97 Å². The molecule has 1 aromatic rings. The number of aliphatic hydroxyl groups is 1. The zero-order valence-electron chi connectivity index (χ0n) is 6.94. The number of halogens is 1. The van der Waals surface area contributed by atoms with E-state index in [1.807, 2.05) is 0 Å². The molecule has 0 atom stereocenters. The average molecular weight is 200 g/mol. The van der Waals surface area contributed by atoms with Crippen LogP contribution < -0.4 is 5.32 Å². The van der Waals surface area contributed by atoms with Gasteiger partial charge >= 0.3 is 0 Å². The molecule has 1 fully saturated rings. The zero-order chi connectivity index (χ0) is 9.26. The highest BCUT2D eigenvalue weighted by atomic mass is 35.5. The number of rotatable bonds is 2. The van der Waals surface area contributed by atoms with Gasteiger partial charge in [0.15, 0.2) is 0 Å². The van der Waals surface area contributed by atoms with Gasteiger partial charge in [0.05, 0.1) is 6.10 Å². The number of hydrogen-bond acceptors (Lipinski definition) is 4. The lowest BCUT2D eigenvalue weighted by molar-refractivity contribution is 0.0835. The number of nitrogens with zero attached hydrogens (tertiary/aromatic N) is 2. The van der Waals surface area contributed by atoms with Crippen LogP contribution in [-0.4, -0.2) is 27.2 Å². The van der Waals surface area contributed by atoms with Gasteiger partial charge in [-0.3, -0.25) is 0 Å². The summed E-state index contributed by atoms with van der Waals surface area (Å²) < 4.78 is 0. The molecule has 0 bridgehead atoms. The van der Waals surface area contributed by atoms with Gasteiger partial charge in [0.1, 0.15) is 5.82 Å². The maximum absolute atomic E-state index is 9.05. The van der Waals surface area contributed by atoms with E-state index in [-0.39, 0.29) is 11.4 Å². The maximum Gasteiger partial charge on any atom is 0.224 e. The normalized spacial score (nSPS) is 26.6. The van der Waals surface area contributed by atoms with Crippen LogP contribution in [0, 0.1) is 0 Å². The molecule has 0 saturated heterocycles. The number of aromatic nitrogens is 2. The van der Waals surface area contributed by atoms with Gasteiger partial charge in [-0.05, 0) is 30.5 Å². The first kappa shape index (κ1) is 8.72. The second-order valence-electron chi connectivity index (χ2n) is 3.18. The fraction of sp³-hybridized carbons (Fsp3) is 0.500. The Labute approximate surface area is 81.0 Å². The van der Waals surface area contributed by atoms with Crippen molar-refractivity contribution in [3.63, 3.8) is 0 Å². The van der Waals surface area contributed by atoms with E-state index in [1.54, 1.807) is 12.3 Å². The molecule has 1 aliphatic carbocycles. The molecule has 1 aliphatic rings. The summed E-state index contributed by atoms with van der Waals surface area (Å²) in [4.78, 5) is 7.75. The fourth-order valence-electron chi connectivity index (χ4n) is 1.33. The first-order chi connectivity index (χ1) is 6.24. The second-order valence-corrected chi connectivity index (χ2v) is 3.52. The third kappa shape index (κ3) is 2.08. The quantitative estimate of drug-likeness (QED) is 0.700. The monoisotopic (exact) mass is 199 g/mol.